The van der Waals surface area contributed by atoms with Gasteiger partial charge in [-0.3, -0.25) is 9.59 Å². The lowest BCUT2D eigenvalue weighted by atomic mass is 10.1. The number of nitrogens with zero attached hydrogens (tertiary/aromatic N) is 3. The van der Waals surface area contributed by atoms with Crippen LogP contribution in [-0.4, -0.2) is 46.9 Å². The average Bonchev–Trinajstić information content (AvgIpc) is 3.59. The molecule has 194 valence electrons. The van der Waals surface area contributed by atoms with E-state index in [0.717, 1.165) is 27.4 Å². The second kappa shape index (κ2) is 10.0. The topological polar surface area (TPSA) is 106 Å². The third kappa shape index (κ3) is 4.98. The van der Waals surface area contributed by atoms with E-state index in [4.69, 9.17) is 14.5 Å². The second-order valence-corrected chi connectivity index (χ2v) is 10.5. The number of rotatable bonds is 9. The molecule has 2 N–H and O–H groups in total. The fourth-order valence-electron chi connectivity index (χ4n) is 4.78. The van der Waals surface area contributed by atoms with Crippen molar-refractivity contribution in [2.24, 2.45) is 5.92 Å². The third-order valence-electron chi connectivity index (χ3n) is 6.97. The van der Waals surface area contributed by atoms with Gasteiger partial charge in [0.05, 0.1) is 36.0 Å². The fourth-order valence-corrected chi connectivity index (χ4v) is 5.75. The van der Waals surface area contributed by atoms with Crippen LogP contribution in [0, 0.1) is 12.8 Å². The first-order chi connectivity index (χ1) is 17.8. The van der Waals surface area contributed by atoms with Crippen LogP contribution in [-0.2, 0) is 17.9 Å². The van der Waals surface area contributed by atoms with E-state index in [2.05, 4.69) is 22.5 Å². The molecule has 5 rings (SSSR count). The third-order valence-corrected chi connectivity index (χ3v) is 8.06. The SMILES string of the molecule is COc1ccc(CNc2nc(-c3sc(NC(C)=O)nc3C)cc3c2C(=O)N(C(C)C2CC2)C3)c(OC)c1. The monoisotopic (exact) mass is 521 g/mol. The number of thiazole rings is 1. The number of aromatic nitrogens is 2. The Hall–Kier alpha value is -3.66. The van der Waals surface area contributed by atoms with Crippen LogP contribution in [0.15, 0.2) is 24.3 Å². The first kappa shape index (κ1) is 25.0. The highest BCUT2D eigenvalue weighted by Gasteiger charge is 2.40. The van der Waals surface area contributed by atoms with Crippen LogP contribution >= 0.6 is 11.3 Å². The van der Waals surface area contributed by atoms with Gasteiger partial charge in [-0.15, -0.1) is 0 Å². The lowest BCUT2D eigenvalue weighted by molar-refractivity contribution is -0.114. The van der Waals surface area contributed by atoms with Gasteiger partial charge in [0.2, 0.25) is 5.91 Å². The number of methoxy groups -OCH3 is 2. The van der Waals surface area contributed by atoms with Gasteiger partial charge >= 0.3 is 0 Å². The first-order valence-electron chi connectivity index (χ1n) is 12.3. The summed E-state index contributed by atoms with van der Waals surface area (Å²) in [6, 6.07) is 7.83. The summed E-state index contributed by atoms with van der Waals surface area (Å²) in [5.74, 6) is 2.33. The molecule has 10 heteroatoms. The number of anilines is 2. The zero-order valence-electron chi connectivity index (χ0n) is 21.7. The number of aryl methyl sites for hydroxylation is 1. The summed E-state index contributed by atoms with van der Waals surface area (Å²) in [6.45, 7) is 6.46. The molecule has 3 heterocycles. The van der Waals surface area contributed by atoms with Gasteiger partial charge in [-0.2, -0.15) is 0 Å². The number of hydrogen-bond donors (Lipinski definition) is 2. The Kier molecular flexibility index (Phi) is 6.76. The van der Waals surface area contributed by atoms with E-state index in [9.17, 15) is 9.59 Å². The summed E-state index contributed by atoms with van der Waals surface area (Å²) in [4.78, 5) is 37.4. The Morgan fingerprint density at radius 1 is 1.22 bits per heavy atom. The van der Waals surface area contributed by atoms with Gasteiger partial charge in [0, 0.05) is 37.7 Å². The molecule has 1 aromatic carbocycles. The molecule has 1 aliphatic carbocycles. The highest BCUT2D eigenvalue weighted by molar-refractivity contribution is 7.19. The molecule has 9 nitrogen and oxygen atoms in total. The number of nitrogens with one attached hydrogen (secondary N) is 2. The Labute approximate surface area is 220 Å². The zero-order chi connectivity index (χ0) is 26.3. The number of amides is 2. The Morgan fingerprint density at radius 2 is 2.00 bits per heavy atom. The second-order valence-electron chi connectivity index (χ2n) is 9.55. The van der Waals surface area contributed by atoms with Crippen molar-refractivity contribution in [3.63, 3.8) is 0 Å². The predicted molar refractivity (Wildman–Crippen MR) is 143 cm³/mol. The molecule has 0 saturated heterocycles. The zero-order valence-corrected chi connectivity index (χ0v) is 22.5. The van der Waals surface area contributed by atoms with Crippen molar-refractivity contribution in [3.8, 4) is 22.1 Å². The van der Waals surface area contributed by atoms with Crippen LogP contribution in [0.3, 0.4) is 0 Å². The molecule has 1 aliphatic heterocycles. The Morgan fingerprint density at radius 3 is 2.68 bits per heavy atom. The number of carbonyl (C=O) groups is 2. The maximum Gasteiger partial charge on any atom is 0.258 e. The van der Waals surface area contributed by atoms with Crippen molar-refractivity contribution in [2.75, 3.05) is 24.9 Å². The van der Waals surface area contributed by atoms with Crippen LogP contribution in [0.25, 0.3) is 10.6 Å². The Balaban J connectivity index is 1.52. The van der Waals surface area contributed by atoms with Crippen LogP contribution in [0.2, 0.25) is 0 Å². The minimum Gasteiger partial charge on any atom is -0.497 e. The van der Waals surface area contributed by atoms with E-state index in [1.165, 1.54) is 31.1 Å². The van der Waals surface area contributed by atoms with E-state index in [1.807, 2.05) is 36.1 Å². The van der Waals surface area contributed by atoms with Crippen molar-refractivity contribution in [2.45, 2.75) is 52.7 Å². The van der Waals surface area contributed by atoms with Gasteiger partial charge in [-0.1, -0.05) is 11.3 Å². The summed E-state index contributed by atoms with van der Waals surface area (Å²) in [5.41, 5.74) is 3.98. The summed E-state index contributed by atoms with van der Waals surface area (Å²) < 4.78 is 10.9. The molecule has 1 atom stereocenters. The van der Waals surface area contributed by atoms with E-state index in [-0.39, 0.29) is 17.9 Å². The van der Waals surface area contributed by atoms with E-state index in [0.29, 0.717) is 47.0 Å². The van der Waals surface area contributed by atoms with Gasteiger partial charge in [0.15, 0.2) is 5.13 Å². The maximum absolute atomic E-state index is 13.6. The van der Waals surface area contributed by atoms with Crippen LogP contribution < -0.4 is 20.1 Å². The van der Waals surface area contributed by atoms with Gasteiger partial charge in [-0.05, 0) is 56.4 Å². The molecule has 2 aromatic heterocycles. The number of ether oxygens (including phenoxy) is 2. The molecule has 1 fully saturated rings. The van der Waals surface area contributed by atoms with Crippen molar-refractivity contribution >= 4 is 34.1 Å². The van der Waals surface area contributed by atoms with Crippen LogP contribution in [0.5, 0.6) is 11.5 Å². The number of fused-ring (bicyclic) bond motifs is 1. The largest absolute Gasteiger partial charge is 0.497 e. The Bertz CT molecular complexity index is 1370. The number of hydrogen-bond acceptors (Lipinski definition) is 8. The molecule has 0 radical (unpaired) electrons. The van der Waals surface area contributed by atoms with Gasteiger partial charge in [-0.25, -0.2) is 9.97 Å². The average molecular weight is 522 g/mol. The molecule has 0 bridgehead atoms. The summed E-state index contributed by atoms with van der Waals surface area (Å²) in [5, 5.41) is 6.70. The molecule has 1 unspecified atom stereocenters. The summed E-state index contributed by atoms with van der Waals surface area (Å²) >= 11 is 1.38. The van der Waals surface area contributed by atoms with Crippen molar-refractivity contribution in [1.29, 1.82) is 0 Å². The van der Waals surface area contributed by atoms with Gasteiger partial charge in [0.25, 0.3) is 5.91 Å². The molecule has 37 heavy (non-hydrogen) atoms. The van der Waals surface area contributed by atoms with E-state index in [1.54, 1.807) is 14.2 Å². The highest BCUT2D eigenvalue weighted by Crippen LogP contribution is 2.41. The standard InChI is InChI=1S/C27H31N5O4S/c1-14-24(37-27(29-14)30-16(3)33)21-10-19-13-32(15(2)17-6-7-17)26(34)23(19)25(31-21)28-12-18-8-9-20(35-4)11-22(18)36-5/h8-11,15,17H,6-7,12-13H2,1-5H3,(H,28,31)(H,29,30,33). The molecular formula is C27H31N5O4S. The molecular weight excluding hydrogens is 490 g/mol. The first-order valence-corrected chi connectivity index (χ1v) is 13.2. The number of benzene rings is 1. The molecule has 2 amide bonds. The molecule has 3 aromatic rings. The minimum atomic E-state index is -0.173. The van der Waals surface area contributed by atoms with Crippen molar-refractivity contribution in [3.05, 3.63) is 46.6 Å². The fraction of sp³-hybridized carbons (Fsp3) is 0.407. The minimum absolute atomic E-state index is 0.0117. The molecule has 0 spiro atoms. The van der Waals surface area contributed by atoms with Gasteiger partial charge < -0.3 is 25.0 Å². The highest BCUT2D eigenvalue weighted by atomic mass is 32.1. The lowest BCUT2D eigenvalue weighted by Gasteiger charge is -2.24. The van der Waals surface area contributed by atoms with Gasteiger partial charge in [0.1, 0.15) is 17.3 Å². The number of carbonyl (C=O) groups excluding carboxylic acids is 2. The van der Waals surface area contributed by atoms with E-state index < -0.39 is 0 Å². The van der Waals surface area contributed by atoms with Crippen molar-refractivity contribution in [1.82, 2.24) is 14.9 Å². The smallest absolute Gasteiger partial charge is 0.258 e. The van der Waals surface area contributed by atoms with E-state index >= 15 is 0 Å². The normalized spacial score (nSPS) is 15.4. The summed E-state index contributed by atoms with van der Waals surface area (Å²) in [7, 11) is 3.24. The van der Waals surface area contributed by atoms with Crippen LogP contribution in [0.1, 0.15) is 53.9 Å². The number of pyridine rings is 1. The molecule has 1 saturated carbocycles. The summed E-state index contributed by atoms with van der Waals surface area (Å²) in [6.07, 6.45) is 2.33. The maximum atomic E-state index is 13.6. The predicted octanol–water partition coefficient (Wildman–Crippen LogP) is 4.86. The molecule has 2 aliphatic rings. The quantitative estimate of drug-likeness (QED) is 0.414. The van der Waals surface area contributed by atoms with Crippen molar-refractivity contribution < 1.29 is 19.1 Å². The lowest BCUT2D eigenvalue weighted by Crippen LogP contribution is -2.34. The van der Waals surface area contributed by atoms with Crippen LogP contribution in [0.4, 0.5) is 10.9 Å².